The molecule has 11 heteroatoms. The Kier molecular flexibility index (Phi) is 4.19. The van der Waals surface area contributed by atoms with E-state index in [0.29, 0.717) is 0 Å². The maximum absolute atomic E-state index is 12.7. The summed E-state index contributed by atoms with van der Waals surface area (Å²) >= 11 is 0. The lowest BCUT2D eigenvalue weighted by Crippen LogP contribution is -2.52. The highest BCUT2D eigenvalue weighted by Crippen LogP contribution is 2.34. The van der Waals surface area contributed by atoms with E-state index in [9.17, 15) is 36.3 Å². The molecule has 2 heterocycles. The molecule has 0 aliphatic carbocycles. The third-order valence-corrected chi connectivity index (χ3v) is 5.81. The first-order valence-corrected chi connectivity index (χ1v) is 9.08. The summed E-state index contributed by atoms with van der Waals surface area (Å²) in [6.45, 7) is 0.268. The first-order valence-electron chi connectivity index (χ1n) is 7.43. The largest absolute Gasteiger partial charge is 0.461 e. The minimum Gasteiger partial charge on any atom is -0.461 e. The number of furan rings is 1. The number of nitrogens with one attached hydrogen (secondary N) is 1. The van der Waals surface area contributed by atoms with Gasteiger partial charge in [-0.05, 0) is 31.2 Å². The molecule has 1 aliphatic heterocycles. The van der Waals surface area contributed by atoms with Crippen LogP contribution in [-0.2, 0) is 20.4 Å². The number of ketones is 1. The van der Waals surface area contributed by atoms with E-state index in [4.69, 9.17) is 4.42 Å². The molecule has 27 heavy (non-hydrogen) atoms. The predicted octanol–water partition coefficient (Wildman–Crippen LogP) is 2.05. The maximum atomic E-state index is 12.7. The molecular formula is C16H12F3NO6S. The lowest BCUT2D eigenvalue weighted by Gasteiger charge is -2.25. The number of sulfone groups is 1. The fourth-order valence-electron chi connectivity index (χ4n) is 2.48. The van der Waals surface area contributed by atoms with Crippen LogP contribution in [0.15, 0.2) is 39.8 Å². The van der Waals surface area contributed by atoms with E-state index in [0.717, 1.165) is 18.2 Å². The molecule has 1 aromatic carbocycles. The van der Waals surface area contributed by atoms with E-state index >= 15 is 0 Å². The minimum atomic E-state index is -5.24. The van der Waals surface area contributed by atoms with Gasteiger partial charge in [-0.25, -0.2) is 8.42 Å². The number of alkyl halides is 3. The van der Waals surface area contributed by atoms with E-state index in [1.54, 1.807) is 0 Å². The molecule has 1 aromatic heterocycles. The van der Waals surface area contributed by atoms with Gasteiger partial charge in [0.05, 0.1) is 16.9 Å². The van der Waals surface area contributed by atoms with E-state index in [1.165, 1.54) is 12.3 Å². The molecule has 0 bridgehead atoms. The number of fused-ring (bicyclic) bond motifs is 2. The zero-order valence-corrected chi connectivity index (χ0v) is 14.4. The second-order valence-electron chi connectivity index (χ2n) is 6.10. The first kappa shape index (κ1) is 19.1. The number of aliphatic hydroxyl groups is 1. The molecule has 1 amide bonds. The molecule has 1 aliphatic rings. The van der Waals surface area contributed by atoms with Crippen molar-refractivity contribution in [1.29, 1.82) is 0 Å². The van der Waals surface area contributed by atoms with Crippen molar-refractivity contribution in [3.63, 3.8) is 0 Å². The number of carbonyl (C=O) groups excluding carboxylic acids is 2. The highest BCUT2D eigenvalue weighted by atomic mass is 32.2. The third kappa shape index (κ3) is 3.12. The molecule has 3 rings (SSSR count). The topological polar surface area (TPSA) is 114 Å². The van der Waals surface area contributed by atoms with Crippen LogP contribution in [0.1, 0.15) is 28.6 Å². The van der Waals surface area contributed by atoms with Gasteiger partial charge in [0.1, 0.15) is 0 Å². The van der Waals surface area contributed by atoms with Crippen molar-refractivity contribution in [2.75, 3.05) is 5.32 Å². The minimum absolute atomic E-state index is 0.144. The first-order chi connectivity index (χ1) is 12.3. The van der Waals surface area contributed by atoms with Crippen LogP contribution in [-0.4, -0.2) is 37.0 Å². The summed E-state index contributed by atoms with van der Waals surface area (Å²) < 4.78 is 68.4. The fraction of sp³-hybridized carbons (Fsp3) is 0.250. The van der Waals surface area contributed by atoms with Gasteiger partial charge in [-0.1, -0.05) is 0 Å². The van der Waals surface area contributed by atoms with Crippen LogP contribution in [0.25, 0.3) is 0 Å². The SMILES string of the molecule is CC(O)(C(=O)Nc1ccc2c(c1)S(=O)(=O)Cc1ccoc1C2=O)C(F)(F)F. The van der Waals surface area contributed by atoms with Gasteiger partial charge in [0.15, 0.2) is 15.6 Å². The number of anilines is 1. The lowest BCUT2D eigenvalue weighted by molar-refractivity contribution is -0.242. The Morgan fingerprint density at radius 2 is 1.93 bits per heavy atom. The van der Waals surface area contributed by atoms with Crippen molar-refractivity contribution >= 4 is 27.2 Å². The van der Waals surface area contributed by atoms with Crippen LogP contribution in [0.4, 0.5) is 18.9 Å². The van der Waals surface area contributed by atoms with Crippen molar-refractivity contribution in [2.45, 2.75) is 29.3 Å². The van der Waals surface area contributed by atoms with E-state index in [1.807, 2.05) is 5.32 Å². The summed E-state index contributed by atoms with van der Waals surface area (Å²) in [4.78, 5) is 23.8. The zero-order chi connectivity index (χ0) is 20.2. The number of rotatable bonds is 2. The summed E-state index contributed by atoms with van der Waals surface area (Å²) in [5.41, 5.74) is -4.08. The van der Waals surface area contributed by atoms with E-state index in [-0.39, 0.29) is 29.5 Å². The second kappa shape index (κ2) is 5.92. The third-order valence-electron chi connectivity index (χ3n) is 4.11. The van der Waals surface area contributed by atoms with Gasteiger partial charge >= 0.3 is 6.18 Å². The average molecular weight is 403 g/mol. The molecule has 7 nitrogen and oxygen atoms in total. The van der Waals surface area contributed by atoms with Gasteiger partial charge in [-0.3, -0.25) is 9.59 Å². The van der Waals surface area contributed by atoms with Gasteiger partial charge < -0.3 is 14.8 Å². The van der Waals surface area contributed by atoms with Crippen molar-refractivity contribution in [3.8, 4) is 0 Å². The Labute approximate surface area is 150 Å². The number of hydrogen-bond acceptors (Lipinski definition) is 6. The standard InChI is InChI=1S/C16H12F3NO6S/c1-15(23,16(17,18)19)14(22)20-9-2-3-10-11(6-9)27(24,25)7-8-4-5-26-13(8)12(10)21/h2-6,23H,7H2,1H3,(H,20,22). The second-order valence-corrected chi connectivity index (χ2v) is 8.06. The van der Waals surface area contributed by atoms with Gasteiger partial charge in [-0.2, -0.15) is 13.2 Å². The summed E-state index contributed by atoms with van der Waals surface area (Å²) in [5, 5.41) is 11.2. The van der Waals surface area contributed by atoms with Gasteiger partial charge in [0, 0.05) is 16.8 Å². The van der Waals surface area contributed by atoms with Gasteiger partial charge in [-0.15, -0.1) is 0 Å². The Balaban J connectivity index is 2.02. The summed E-state index contributed by atoms with van der Waals surface area (Å²) in [6, 6.07) is 4.33. The normalized spacial score (nSPS) is 18.0. The Hall–Kier alpha value is -2.66. The van der Waals surface area contributed by atoms with Gasteiger partial charge in [0.2, 0.25) is 11.4 Å². The quantitative estimate of drug-likeness (QED) is 0.794. The molecule has 0 spiro atoms. The van der Waals surface area contributed by atoms with Crippen LogP contribution < -0.4 is 5.32 Å². The molecule has 2 N–H and O–H groups in total. The summed E-state index contributed by atoms with van der Waals surface area (Å²) in [5.74, 6) is -3.19. The Morgan fingerprint density at radius 3 is 2.56 bits per heavy atom. The van der Waals surface area contributed by atoms with E-state index < -0.39 is 44.0 Å². The van der Waals surface area contributed by atoms with Crippen molar-refractivity contribution in [1.82, 2.24) is 0 Å². The number of carbonyl (C=O) groups is 2. The molecule has 0 radical (unpaired) electrons. The highest BCUT2D eigenvalue weighted by Gasteiger charge is 2.55. The molecule has 0 saturated carbocycles. The number of hydrogen-bond donors (Lipinski definition) is 2. The van der Waals surface area contributed by atoms with Crippen LogP contribution in [0.3, 0.4) is 0 Å². The molecule has 1 unspecified atom stereocenters. The number of halogens is 3. The maximum Gasteiger partial charge on any atom is 0.426 e. The smallest absolute Gasteiger partial charge is 0.426 e. The lowest BCUT2D eigenvalue weighted by atomic mass is 10.0. The van der Waals surface area contributed by atoms with Crippen LogP contribution in [0, 0.1) is 0 Å². The van der Waals surface area contributed by atoms with Crippen LogP contribution >= 0.6 is 0 Å². The van der Waals surface area contributed by atoms with Crippen molar-refractivity contribution in [2.24, 2.45) is 0 Å². The number of amides is 1. The van der Waals surface area contributed by atoms with Crippen molar-refractivity contribution < 1.29 is 40.7 Å². The van der Waals surface area contributed by atoms with E-state index in [2.05, 4.69) is 0 Å². The Morgan fingerprint density at radius 1 is 1.26 bits per heavy atom. The summed E-state index contributed by atoms with van der Waals surface area (Å²) in [7, 11) is -4.03. The van der Waals surface area contributed by atoms with Gasteiger partial charge in [0.25, 0.3) is 5.91 Å². The highest BCUT2D eigenvalue weighted by molar-refractivity contribution is 7.90. The fourth-order valence-corrected chi connectivity index (χ4v) is 4.07. The Bertz CT molecular complexity index is 1050. The molecule has 0 saturated heterocycles. The average Bonchev–Trinajstić information content (AvgIpc) is 2.97. The molecule has 2 aromatic rings. The van der Waals surface area contributed by atoms with Crippen LogP contribution in [0.5, 0.6) is 0 Å². The zero-order valence-electron chi connectivity index (χ0n) is 13.6. The molecule has 0 fully saturated rings. The number of benzene rings is 1. The molecule has 1 atom stereocenters. The molecule has 144 valence electrons. The summed E-state index contributed by atoms with van der Waals surface area (Å²) in [6.07, 6.45) is -4.06. The van der Waals surface area contributed by atoms with Crippen molar-refractivity contribution in [3.05, 3.63) is 47.4 Å². The van der Waals surface area contributed by atoms with Crippen LogP contribution in [0.2, 0.25) is 0 Å². The predicted molar refractivity (Wildman–Crippen MR) is 84.8 cm³/mol. The molecular weight excluding hydrogens is 391 g/mol. The monoisotopic (exact) mass is 403 g/mol.